The number of benzene rings is 2. The van der Waals surface area contributed by atoms with Gasteiger partial charge in [-0.3, -0.25) is 4.79 Å². The summed E-state index contributed by atoms with van der Waals surface area (Å²) in [4.78, 5) is 15.0. The standard InChI is InChI=1S/C23H27N3O4/c27-15-19(25-14-20(28)16-30-21-8-2-1-3-9-21)13-17-6-4-7-18(12-17)26-23(29)22-10-5-11-24-22/h1-12,19-20,24-25,27-28H,13-16H2,(H,26,29)/t19-,20-/m0/s1. The van der Waals surface area contributed by atoms with Gasteiger partial charge in [0.1, 0.15) is 24.2 Å². The van der Waals surface area contributed by atoms with Crippen molar-refractivity contribution in [2.45, 2.75) is 18.6 Å². The molecule has 5 N–H and O–H groups in total. The highest BCUT2D eigenvalue weighted by Gasteiger charge is 2.13. The van der Waals surface area contributed by atoms with Crippen LogP contribution in [0.15, 0.2) is 72.9 Å². The first-order chi connectivity index (χ1) is 14.6. The van der Waals surface area contributed by atoms with Crippen LogP contribution in [-0.4, -0.2) is 53.0 Å². The van der Waals surface area contributed by atoms with Crippen LogP contribution >= 0.6 is 0 Å². The third-order valence-electron chi connectivity index (χ3n) is 4.56. The fraction of sp³-hybridized carbons (Fsp3) is 0.261. The Hall–Kier alpha value is -3.13. The topological polar surface area (TPSA) is 107 Å². The Morgan fingerprint density at radius 1 is 1.07 bits per heavy atom. The molecule has 7 heteroatoms. The molecule has 3 rings (SSSR count). The summed E-state index contributed by atoms with van der Waals surface area (Å²) >= 11 is 0. The molecule has 3 aromatic rings. The largest absolute Gasteiger partial charge is 0.491 e. The van der Waals surface area contributed by atoms with E-state index in [9.17, 15) is 15.0 Å². The highest BCUT2D eigenvalue weighted by molar-refractivity contribution is 6.02. The quantitative estimate of drug-likeness (QED) is 0.334. The smallest absolute Gasteiger partial charge is 0.272 e. The van der Waals surface area contributed by atoms with Crippen LogP contribution in [0.2, 0.25) is 0 Å². The Morgan fingerprint density at radius 2 is 1.90 bits per heavy atom. The molecule has 0 unspecified atom stereocenters. The van der Waals surface area contributed by atoms with Gasteiger partial charge in [-0.2, -0.15) is 0 Å². The first kappa shape index (κ1) is 21.6. The fourth-order valence-corrected chi connectivity index (χ4v) is 3.00. The summed E-state index contributed by atoms with van der Waals surface area (Å²) in [6, 6.07) is 20.0. The summed E-state index contributed by atoms with van der Waals surface area (Å²) in [6.45, 7) is 0.377. The van der Waals surface area contributed by atoms with Crippen molar-refractivity contribution in [1.29, 1.82) is 0 Å². The minimum Gasteiger partial charge on any atom is -0.491 e. The summed E-state index contributed by atoms with van der Waals surface area (Å²) in [5.74, 6) is 0.490. The van der Waals surface area contributed by atoms with Crippen molar-refractivity contribution in [2.24, 2.45) is 0 Å². The van der Waals surface area contributed by atoms with Crippen molar-refractivity contribution >= 4 is 11.6 Å². The summed E-state index contributed by atoms with van der Waals surface area (Å²) in [7, 11) is 0. The number of aromatic nitrogens is 1. The molecule has 2 aromatic carbocycles. The summed E-state index contributed by atoms with van der Waals surface area (Å²) in [5.41, 5.74) is 2.13. The molecule has 1 heterocycles. The van der Waals surface area contributed by atoms with Crippen molar-refractivity contribution in [3.8, 4) is 5.75 Å². The van der Waals surface area contributed by atoms with Gasteiger partial charge in [0.2, 0.25) is 0 Å². The number of nitrogens with one attached hydrogen (secondary N) is 3. The van der Waals surface area contributed by atoms with E-state index in [1.807, 2.05) is 54.6 Å². The maximum Gasteiger partial charge on any atom is 0.272 e. The number of hydrogen-bond donors (Lipinski definition) is 5. The van der Waals surface area contributed by atoms with Crippen LogP contribution in [0.25, 0.3) is 0 Å². The molecule has 0 saturated carbocycles. The van der Waals surface area contributed by atoms with Gasteiger partial charge in [0, 0.05) is 24.5 Å². The molecule has 2 atom stereocenters. The lowest BCUT2D eigenvalue weighted by molar-refractivity contribution is 0.0997. The number of anilines is 1. The van der Waals surface area contributed by atoms with Gasteiger partial charge in [0.25, 0.3) is 5.91 Å². The number of H-pyrrole nitrogens is 1. The van der Waals surface area contributed by atoms with Crippen molar-refractivity contribution in [3.63, 3.8) is 0 Å². The second kappa shape index (κ2) is 11.2. The Balaban J connectivity index is 1.47. The van der Waals surface area contributed by atoms with Crippen LogP contribution in [-0.2, 0) is 6.42 Å². The third kappa shape index (κ3) is 6.73. The van der Waals surface area contributed by atoms with Gasteiger partial charge in [-0.05, 0) is 48.4 Å². The van der Waals surface area contributed by atoms with Crippen molar-refractivity contribution in [2.75, 3.05) is 25.1 Å². The van der Waals surface area contributed by atoms with Gasteiger partial charge < -0.3 is 30.6 Å². The number of ether oxygens (including phenoxy) is 1. The average Bonchev–Trinajstić information content (AvgIpc) is 3.31. The van der Waals surface area contributed by atoms with Gasteiger partial charge in [0.15, 0.2) is 0 Å². The zero-order valence-corrected chi connectivity index (χ0v) is 16.6. The number of carbonyl (C=O) groups excluding carboxylic acids is 1. The molecule has 7 nitrogen and oxygen atoms in total. The first-order valence-corrected chi connectivity index (χ1v) is 9.88. The molecule has 0 saturated heterocycles. The highest BCUT2D eigenvalue weighted by atomic mass is 16.5. The predicted molar refractivity (Wildman–Crippen MR) is 116 cm³/mol. The van der Waals surface area contributed by atoms with Crippen molar-refractivity contribution in [1.82, 2.24) is 10.3 Å². The maximum absolute atomic E-state index is 12.2. The number of carbonyl (C=O) groups is 1. The Morgan fingerprint density at radius 3 is 2.63 bits per heavy atom. The highest BCUT2D eigenvalue weighted by Crippen LogP contribution is 2.14. The molecule has 0 aliphatic heterocycles. The van der Waals surface area contributed by atoms with E-state index in [1.54, 1.807) is 18.3 Å². The molecule has 0 fully saturated rings. The monoisotopic (exact) mass is 409 g/mol. The molecule has 1 aromatic heterocycles. The minimum absolute atomic E-state index is 0.0781. The molecular formula is C23H27N3O4. The van der Waals surface area contributed by atoms with E-state index in [0.717, 1.165) is 5.56 Å². The third-order valence-corrected chi connectivity index (χ3v) is 4.56. The summed E-state index contributed by atoms with van der Waals surface area (Å²) < 4.78 is 5.54. The zero-order chi connectivity index (χ0) is 21.2. The number of aliphatic hydroxyl groups excluding tert-OH is 2. The van der Waals surface area contributed by atoms with Crippen LogP contribution in [0.4, 0.5) is 5.69 Å². The van der Waals surface area contributed by atoms with E-state index < -0.39 is 6.10 Å². The molecule has 0 radical (unpaired) electrons. The molecule has 158 valence electrons. The number of rotatable bonds is 11. The van der Waals surface area contributed by atoms with Gasteiger partial charge in [-0.25, -0.2) is 0 Å². The van der Waals surface area contributed by atoms with E-state index >= 15 is 0 Å². The van der Waals surface area contributed by atoms with Crippen molar-refractivity contribution in [3.05, 3.63) is 84.2 Å². The molecule has 0 aliphatic carbocycles. The minimum atomic E-state index is -0.703. The van der Waals surface area contributed by atoms with Crippen LogP contribution in [0.5, 0.6) is 5.75 Å². The molecule has 0 spiro atoms. The molecule has 0 bridgehead atoms. The number of para-hydroxylation sites is 1. The second-order valence-electron chi connectivity index (χ2n) is 7.01. The molecule has 30 heavy (non-hydrogen) atoms. The van der Waals surface area contributed by atoms with Gasteiger partial charge in [-0.1, -0.05) is 30.3 Å². The zero-order valence-electron chi connectivity index (χ0n) is 16.6. The molecule has 0 aliphatic rings. The van der Waals surface area contributed by atoms with E-state index in [1.165, 1.54) is 0 Å². The van der Waals surface area contributed by atoms with E-state index in [-0.39, 0.29) is 25.2 Å². The predicted octanol–water partition coefficient (Wildman–Crippen LogP) is 2.20. The van der Waals surface area contributed by atoms with Crippen LogP contribution in [0.1, 0.15) is 16.1 Å². The van der Waals surface area contributed by atoms with Crippen LogP contribution in [0.3, 0.4) is 0 Å². The lowest BCUT2D eigenvalue weighted by atomic mass is 10.1. The van der Waals surface area contributed by atoms with Crippen molar-refractivity contribution < 1.29 is 19.7 Å². The van der Waals surface area contributed by atoms with Crippen LogP contribution in [0, 0.1) is 0 Å². The normalized spacial score (nSPS) is 12.9. The average molecular weight is 409 g/mol. The number of aliphatic hydroxyl groups is 2. The Bertz CT molecular complexity index is 900. The molecular weight excluding hydrogens is 382 g/mol. The van der Waals surface area contributed by atoms with E-state index in [2.05, 4.69) is 15.6 Å². The summed E-state index contributed by atoms with van der Waals surface area (Å²) in [6.07, 6.45) is 1.54. The van der Waals surface area contributed by atoms with E-state index in [4.69, 9.17) is 4.74 Å². The number of aromatic amines is 1. The van der Waals surface area contributed by atoms with Gasteiger partial charge >= 0.3 is 0 Å². The number of amides is 1. The van der Waals surface area contributed by atoms with Gasteiger partial charge in [-0.15, -0.1) is 0 Å². The lowest BCUT2D eigenvalue weighted by Gasteiger charge is -2.19. The Labute approximate surface area is 175 Å². The second-order valence-corrected chi connectivity index (χ2v) is 7.01. The maximum atomic E-state index is 12.2. The first-order valence-electron chi connectivity index (χ1n) is 9.88. The van der Waals surface area contributed by atoms with Gasteiger partial charge in [0.05, 0.1) is 6.61 Å². The lowest BCUT2D eigenvalue weighted by Crippen LogP contribution is -2.41. The fourth-order valence-electron chi connectivity index (χ4n) is 3.00. The number of hydrogen-bond acceptors (Lipinski definition) is 5. The van der Waals surface area contributed by atoms with E-state index in [0.29, 0.717) is 30.1 Å². The van der Waals surface area contributed by atoms with Crippen LogP contribution < -0.4 is 15.4 Å². The Kier molecular flexibility index (Phi) is 8.02. The summed E-state index contributed by atoms with van der Waals surface area (Å²) in [5, 5.41) is 25.8. The molecule has 1 amide bonds. The SMILES string of the molecule is O=C(Nc1cccc(C[C@@H](CO)NC[C@H](O)COc2ccccc2)c1)c1ccc[nH]1.